The number of hydrogen-bond donors (Lipinski definition) is 1. The number of carbonyl (C=O) groups is 1. The second kappa shape index (κ2) is 7.25. The zero-order valence-corrected chi connectivity index (χ0v) is 15.2. The minimum atomic E-state index is -4.04. The first kappa shape index (κ1) is 19.6. The van der Waals surface area contributed by atoms with E-state index < -0.39 is 38.2 Å². The van der Waals surface area contributed by atoms with Crippen LogP contribution in [0, 0.1) is 11.6 Å². The summed E-state index contributed by atoms with van der Waals surface area (Å²) in [5.41, 5.74) is -0.617. The molecule has 1 fully saturated rings. The predicted molar refractivity (Wildman–Crippen MR) is 87.5 cm³/mol. The standard InChI is InChI=1S/C16H22F2N2O4S/c1-16(2,3)24-15(21)19-12-6-8-20(9-7-12)25(22,23)14-5-4-11(17)10-13(14)18/h4-5,10,12H,6-9H2,1-3H3,(H,19,21). The molecule has 0 unspecified atom stereocenters. The number of hydrogen-bond acceptors (Lipinski definition) is 4. The Morgan fingerprint density at radius 3 is 2.36 bits per heavy atom. The van der Waals surface area contributed by atoms with Crippen LogP contribution in [0.4, 0.5) is 13.6 Å². The molecule has 6 nitrogen and oxygen atoms in total. The fourth-order valence-electron chi connectivity index (χ4n) is 2.54. The third-order valence-electron chi connectivity index (χ3n) is 3.69. The smallest absolute Gasteiger partial charge is 0.407 e. The van der Waals surface area contributed by atoms with Gasteiger partial charge in [-0.3, -0.25) is 0 Å². The van der Waals surface area contributed by atoms with E-state index in [-0.39, 0.29) is 19.1 Å². The molecule has 2 rings (SSSR count). The second-order valence-corrected chi connectivity index (χ2v) is 8.81. The van der Waals surface area contributed by atoms with Crippen molar-refractivity contribution < 1.29 is 26.7 Å². The van der Waals surface area contributed by atoms with Crippen molar-refractivity contribution in [3.63, 3.8) is 0 Å². The van der Waals surface area contributed by atoms with Crippen molar-refractivity contribution in [1.82, 2.24) is 9.62 Å². The first-order chi connectivity index (χ1) is 11.5. The lowest BCUT2D eigenvalue weighted by molar-refractivity contribution is 0.0489. The summed E-state index contributed by atoms with van der Waals surface area (Å²) in [7, 11) is -4.04. The molecule has 1 aromatic carbocycles. The van der Waals surface area contributed by atoms with E-state index >= 15 is 0 Å². The largest absolute Gasteiger partial charge is 0.444 e. The summed E-state index contributed by atoms with van der Waals surface area (Å²) in [5.74, 6) is -1.95. The Bertz CT molecular complexity index is 739. The number of sulfonamides is 1. The first-order valence-corrected chi connectivity index (χ1v) is 9.38. The van der Waals surface area contributed by atoms with Gasteiger partial charge in [0, 0.05) is 25.2 Å². The van der Waals surface area contributed by atoms with Crippen molar-refractivity contribution in [1.29, 1.82) is 0 Å². The molecule has 25 heavy (non-hydrogen) atoms. The first-order valence-electron chi connectivity index (χ1n) is 7.94. The Labute approximate surface area is 146 Å². The van der Waals surface area contributed by atoms with Crippen LogP contribution in [0.25, 0.3) is 0 Å². The van der Waals surface area contributed by atoms with Crippen molar-refractivity contribution in [2.45, 2.75) is 50.2 Å². The SMILES string of the molecule is CC(C)(C)OC(=O)NC1CCN(S(=O)(=O)c2ccc(F)cc2F)CC1. The van der Waals surface area contributed by atoms with Gasteiger partial charge in [0.05, 0.1) is 0 Å². The summed E-state index contributed by atoms with van der Waals surface area (Å²) in [5, 5.41) is 2.70. The van der Waals surface area contributed by atoms with Gasteiger partial charge in [-0.2, -0.15) is 4.31 Å². The number of carbonyl (C=O) groups excluding carboxylic acids is 1. The molecule has 0 saturated carbocycles. The van der Waals surface area contributed by atoms with E-state index in [2.05, 4.69) is 5.32 Å². The van der Waals surface area contributed by atoms with E-state index in [1.165, 1.54) is 0 Å². The fourth-order valence-corrected chi connectivity index (χ4v) is 4.05. The summed E-state index contributed by atoms with van der Waals surface area (Å²) in [6.07, 6.45) is 0.196. The zero-order valence-electron chi connectivity index (χ0n) is 14.4. The lowest BCUT2D eigenvalue weighted by Crippen LogP contribution is -2.47. The Morgan fingerprint density at radius 1 is 1.24 bits per heavy atom. The number of benzene rings is 1. The topological polar surface area (TPSA) is 75.7 Å². The van der Waals surface area contributed by atoms with Crippen LogP contribution >= 0.6 is 0 Å². The average molecular weight is 376 g/mol. The molecule has 1 aromatic rings. The summed E-state index contributed by atoms with van der Waals surface area (Å²) >= 11 is 0. The molecule has 0 atom stereocenters. The summed E-state index contributed by atoms with van der Waals surface area (Å²) in [6.45, 7) is 5.50. The minimum absolute atomic E-state index is 0.125. The summed E-state index contributed by atoms with van der Waals surface area (Å²) < 4.78 is 58.0. The van der Waals surface area contributed by atoms with Gasteiger partial charge in [0.15, 0.2) is 0 Å². The minimum Gasteiger partial charge on any atom is -0.444 e. The average Bonchev–Trinajstić information content (AvgIpc) is 2.45. The van der Waals surface area contributed by atoms with Crippen molar-refractivity contribution in [2.75, 3.05) is 13.1 Å². The number of piperidine rings is 1. The third-order valence-corrected chi connectivity index (χ3v) is 5.62. The van der Waals surface area contributed by atoms with E-state index in [1.807, 2.05) is 0 Å². The Kier molecular flexibility index (Phi) is 5.68. The van der Waals surface area contributed by atoms with Gasteiger partial charge in [-0.15, -0.1) is 0 Å². The number of halogens is 2. The highest BCUT2D eigenvalue weighted by Crippen LogP contribution is 2.23. The Balaban J connectivity index is 1.98. The van der Waals surface area contributed by atoms with Gasteiger partial charge in [0.1, 0.15) is 22.1 Å². The van der Waals surface area contributed by atoms with Crippen LogP contribution in [0.2, 0.25) is 0 Å². The van der Waals surface area contributed by atoms with Gasteiger partial charge < -0.3 is 10.1 Å². The summed E-state index contributed by atoms with van der Waals surface area (Å²) in [6, 6.07) is 2.15. The maximum Gasteiger partial charge on any atom is 0.407 e. The van der Waals surface area contributed by atoms with Crippen LogP contribution in [-0.4, -0.2) is 43.5 Å². The normalized spacial score (nSPS) is 17.3. The molecule has 1 aliphatic rings. The molecule has 1 amide bonds. The lowest BCUT2D eigenvalue weighted by atomic mass is 10.1. The van der Waals surface area contributed by atoms with E-state index in [0.29, 0.717) is 18.9 Å². The number of amides is 1. The van der Waals surface area contributed by atoms with Crippen LogP contribution in [0.3, 0.4) is 0 Å². The number of nitrogens with zero attached hydrogens (tertiary/aromatic N) is 1. The summed E-state index contributed by atoms with van der Waals surface area (Å²) in [4.78, 5) is 11.2. The molecular formula is C16H22F2N2O4S. The molecule has 0 spiro atoms. The van der Waals surface area contributed by atoms with Crippen LogP contribution < -0.4 is 5.32 Å². The van der Waals surface area contributed by atoms with Crippen molar-refractivity contribution in [2.24, 2.45) is 0 Å². The molecule has 0 bridgehead atoms. The maximum atomic E-state index is 13.8. The highest BCUT2D eigenvalue weighted by Gasteiger charge is 2.32. The van der Waals surface area contributed by atoms with Gasteiger partial charge in [-0.05, 0) is 45.7 Å². The van der Waals surface area contributed by atoms with Crippen LogP contribution in [-0.2, 0) is 14.8 Å². The van der Waals surface area contributed by atoms with Crippen molar-refractivity contribution in [3.8, 4) is 0 Å². The molecule has 0 radical (unpaired) electrons. The third kappa shape index (κ3) is 5.12. The monoisotopic (exact) mass is 376 g/mol. The van der Waals surface area contributed by atoms with E-state index in [9.17, 15) is 22.0 Å². The van der Waals surface area contributed by atoms with E-state index in [4.69, 9.17) is 4.74 Å². The van der Waals surface area contributed by atoms with Gasteiger partial charge in [0.2, 0.25) is 10.0 Å². The number of rotatable bonds is 3. The van der Waals surface area contributed by atoms with Crippen LogP contribution in [0.1, 0.15) is 33.6 Å². The highest BCUT2D eigenvalue weighted by atomic mass is 32.2. The van der Waals surface area contributed by atoms with Crippen molar-refractivity contribution >= 4 is 16.1 Å². The van der Waals surface area contributed by atoms with Crippen molar-refractivity contribution in [3.05, 3.63) is 29.8 Å². The predicted octanol–water partition coefficient (Wildman–Crippen LogP) is 2.64. The molecule has 0 aromatic heterocycles. The Hall–Kier alpha value is -1.74. The quantitative estimate of drug-likeness (QED) is 0.880. The number of nitrogens with one attached hydrogen (secondary N) is 1. The Morgan fingerprint density at radius 2 is 1.84 bits per heavy atom. The van der Waals surface area contributed by atoms with Gasteiger partial charge >= 0.3 is 6.09 Å². The number of ether oxygens (including phenoxy) is 1. The highest BCUT2D eigenvalue weighted by molar-refractivity contribution is 7.89. The molecule has 1 saturated heterocycles. The fraction of sp³-hybridized carbons (Fsp3) is 0.562. The second-order valence-electron chi connectivity index (χ2n) is 6.90. The zero-order chi connectivity index (χ0) is 18.8. The maximum absolute atomic E-state index is 13.8. The van der Waals surface area contributed by atoms with Gasteiger partial charge in [-0.1, -0.05) is 0 Å². The van der Waals surface area contributed by atoms with Gasteiger partial charge in [-0.25, -0.2) is 22.0 Å². The van der Waals surface area contributed by atoms with Crippen LogP contribution in [0.5, 0.6) is 0 Å². The molecule has 9 heteroatoms. The van der Waals surface area contributed by atoms with E-state index in [0.717, 1.165) is 16.4 Å². The van der Waals surface area contributed by atoms with Gasteiger partial charge in [0.25, 0.3) is 0 Å². The van der Waals surface area contributed by atoms with Crippen LogP contribution in [0.15, 0.2) is 23.1 Å². The molecule has 140 valence electrons. The lowest BCUT2D eigenvalue weighted by Gasteiger charge is -2.32. The molecule has 1 aliphatic heterocycles. The number of alkyl carbamates (subject to hydrolysis) is 1. The molecule has 0 aliphatic carbocycles. The molecule has 1 heterocycles. The molecular weight excluding hydrogens is 354 g/mol. The van der Waals surface area contributed by atoms with E-state index in [1.54, 1.807) is 20.8 Å². The molecule has 1 N–H and O–H groups in total.